The van der Waals surface area contributed by atoms with Gasteiger partial charge in [0.25, 0.3) is 5.91 Å². The van der Waals surface area contributed by atoms with E-state index >= 15 is 0 Å². The van der Waals surface area contributed by atoms with Gasteiger partial charge in [0.2, 0.25) is 5.91 Å². The van der Waals surface area contributed by atoms with E-state index in [1.54, 1.807) is 6.07 Å². The van der Waals surface area contributed by atoms with Crippen LogP contribution in [0.1, 0.15) is 28.8 Å². The molecule has 20 heavy (non-hydrogen) atoms. The van der Waals surface area contributed by atoms with Crippen LogP contribution in [0.15, 0.2) is 18.2 Å². The van der Waals surface area contributed by atoms with Crippen LogP contribution in [0.4, 0.5) is 18.9 Å². The van der Waals surface area contributed by atoms with Crippen LogP contribution in [0.5, 0.6) is 0 Å². The molecule has 0 unspecified atom stereocenters. The van der Waals surface area contributed by atoms with E-state index in [2.05, 4.69) is 5.32 Å². The summed E-state index contributed by atoms with van der Waals surface area (Å²) >= 11 is 0. The predicted molar refractivity (Wildman–Crippen MR) is 64.3 cm³/mol. The number of halogens is 3. The Morgan fingerprint density at radius 1 is 1.30 bits per heavy atom. The second-order valence-corrected chi connectivity index (χ2v) is 5.13. The van der Waals surface area contributed by atoms with Crippen molar-refractivity contribution in [2.75, 3.05) is 5.32 Å². The lowest BCUT2D eigenvalue weighted by atomic mass is 10.1. The number of nitrogens with one attached hydrogen (secondary N) is 2. The molecule has 2 N–H and O–H groups in total. The first kappa shape index (κ1) is 13.0. The van der Waals surface area contributed by atoms with Crippen molar-refractivity contribution in [3.63, 3.8) is 0 Å². The fraction of sp³-hybridized carbons (Fsp3) is 0.385. The quantitative estimate of drug-likeness (QED) is 0.872. The van der Waals surface area contributed by atoms with Crippen molar-refractivity contribution in [2.24, 2.45) is 0 Å². The third-order valence-corrected chi connectivity index (χ3v) is 3.64. The maximum Gasteiger partial charge on any atom is 0.411 e. The van der Waals surface area contributed by atoms with Crippen molar-refractivity contribution in [3.05, 3.63) is 29.3 Å². The van der Waals surface area contributed by atoms with Gasteiger partial charge in [-0.05, 0) is 30.5 Å². The van der Waals surface area contributed by atoms with Crippen LogP contribution in [-0.2, 0) is 11.2 Å². The number of carbonyl (C=O) groups is 2. The van der Waals surface area contributed by atoms with E-state index < -0.39 is 17.6 Å². The van der Waals surface area contributed by atoms with E-state index in [0.717, 1.165) is 5.56 Å². The largest absolute Gasteiger partial charge is 0.411 e. The maximum absolute atomic E-state index is 12.8. The van der Waals surface area contributed by atoms with E-state index in [1.165, 1.54) is 12.1 Å². The Morgan fingerprint density at radius 3 is 2.60 bits per heavy atom. The van der Waals surface area contributed by atoms with Gasteiger partial charge < -0.3 is 10.6 Å². The first-order valence-electron chi connectivity index (χ1n) is 6.13. The highest BCUT2D eigenvalue weighted by Crippen LogP contribution is 2.49. The summed E-state index contributed by atoms with van der Waals surface area (Å²) in [5.74, 6) is -0.963. The lowest BCUT2D eigenvalue weighted by Gasteiger charge is -2.20. The first-order chi connectivity index (χ1) is 9.31. The molecule has 1 aromatic carbocycles. The van der Waals surface area contributed by atoms with E-state index in [-0.39, 0.29) is 30.7 Å². The molecule has 7 heteroatoms. The summed E-state index contributed by atoms with van der Waals surface area (Å²) < 4.78 is 38.3. The van der Waals surface area contributed by atoms with Crippen molar-refractivity contribution in [2.45, 2.75) is 31.0 Å². The summed E-state index contributed by atoms with van der Waals surface area (Å²) in [4.78, 5) is 23.1. The number of anilines is 1. The molecule has 0 atom stereocenters. The topological polar surface area (TPSA) is 58.2 Å². The fourth-order valence-corrected chi connectivity index (χ4v) is 2.25. The minimum atomic E-state index is -4.44. The summed E-state index contributed by atoms with van der Waals surface area (Å²) in [7, 11) is 0. The van der Waals surface area contributed by atoms with Crippen LogP contribution in [0.25, 0.3) is 0 Å². The number of hydrogen-bond acceptors (Lipinski definition) is 2. The van der Waals surface area contributed by atoms with E-state index in [9.17, 15) is 22.8 Å². The zero-order chi connectivity index (χ0) is 14.5. The molecule has 3 rings (SSSR count). The molecule has 0 bridgehead atoms. The number of rotatable bonds is 2. The summed E-state index contributed by atoms with van der Waals surface area (Å²) in [6, 6.07) is 4.41. The monoisotopic (exact) mass is 284 g/mol. The molecule has 0 saturated heterocycles. The number of fused-ring (bicyclic) bond motifs is 1. The Kier molecular flexibility index (Phi) is 2.57. The van der Waals surface area contributed by atoms with Gasteiger partial charge in [-0.1, -0.05) is 6.07 Å². The molecule has 2 aliphatic rings. The minimum absolute atomic E-state index is 0.0933. The van der Waals surface area contributed by atoms with Gasteiger partial charge in [-0.15, -0.1) is 0 Å². The summed E-state index contributed by atoms with van der Waals surface area (Å²) in [5, 5.41) is 4.61. The van der Waals surface area contributed by atoms with Crippen LogP contribution < -0.4 is 10.6 Å². The summed E-state index contributed by atoms with van der Waals surface area (Å²) in [5.41, 5.74) is -0.740. The minimum Gasteiger partial charge on any atom is -0.338 e. The van der Waals surface area contributed by atoms with Crippen LogP contribution in [0, 0.1) is 0 Å². The fourth-order valence-electron chi connectivity index (χ4n) is 2.25. The average Bonchev–Trinajstić information content (AvgIpc) is 3.02. The molecule has 0 radical (unpaired) electrons. The Morgan fingerprint density at radius 2 is 2.00 bits per heavy atom. The smallest absolute Gasteiger partial charge is 0.338 e. The average molecular weight is 284 g/mol. The second kappa shape index (κ2) is 3.97. The van der Waals surface area contributed by atoms with Gasteiger partial charge in [0.05, 0.1) is 6.42 Å². The van der Waals surface area contributed by atoms with Crippen LogP contribution in [0.3, 0.4) is 0 Å². The number of alkyl halides is 3. The number of carbonyl (C=O) groups excluding carboxylic acids is 2. The van der Waals surface area contributed by atoms with Gasteiger partial charge in [-0.25, -0.2) is 0 Å². The highest BCUT2D eigenvalue weighted by atomic mass is 19.4. The molecular formula is C13H11F3N2O2. The molecule has 1 aliphatic carbocycles. The van der Waals surface area contributed by atoms with Gasteiger partial charge in [0.15, 0.2) is 0 Å². The SMILES string of the molecule is O=C1Cc2ccc(C(=O)NC3(C(F)(F)F)CC3)cc2N1. The van der Waals surface area contributed by atoms with Gasteiger partial charge in [0.1, 0.15) is 5.54 Å². The van der Waals surface area contributed by atoms with Crippen molar-refractivity contribution < 1.29 is 22.8 Å². The zero-order valence-electron chi connectivity index (χ0n) is 10.3. The molecule has 1 aliphatic heterocycles. The molecule has 1 saturated carbocycles. The number of hydrogen-bond donors (Lipinski definition) is 2. The standard InChI is InChI=1S/C13H11F3N2O2/c14-13(15,16)12(3-4-12)18-11(20)8-2-1-7-6-10(19)17-9(7)5-8/h1-2,5H,3-4,6H2,(H,17,19)(H,18,20). The lowest BCUT2D eigenvalue weighted by molar-refractivity contribution is -0.163. The molecule has 0 aromatic heterocycles. The van der Waals surface area contributed by atoms with Crippen LogP contribution in [-0.4, -0.2) is 23.5 Å². The Balaban J connectivity index is 1.79. The third-order valence-electron chi connectivity index (χ3n) is 3.64. The number of benzene rings is 1. The predicted octanol–water partition coefficient (Wildman–Crippen LogP) is 2.01. The molecule has 0 spiro atoms. The Hall–Kier alpha value is -2.05. The van der Waals surface area contributed by atoms with E-state index in [1.807, 2.05) is 5.32 Å². The van der Waals surface area contributed by atoms with Crippen LogP contribution >= 0.6 is 0 Å². The van der Waals surface area contributed by atoms with Gasteiger partial charge in [0, 0.05) is 11.3 Å². The summed E-state index contributed by atoms with van der Waals surface area (Å²) in [6.45, 7) is 0. The molecule has 106 valence electrons. The molecule has 1 fully saturated rings. The van der Waals surface area contributed by atoms with E-state index in [0.29, 0.717) is 5.69 Å². The summed E-state index contributed by atoms with van der Waals surface area (Å²) in [6.07, 6.45) is -4.40. The van der Waals surface area contributed by atoms with Gasteiger partial charge in [-0.2, -0.15) is 13.2 Å². The zero-order valence-corrected chi connectivity index (χ0v) is 10.3. The van der Waals surface area contributed by atoms with Crippen molar-refractivity contribution in [1.82, 2.24) is 5.32 Å². The Bertz CT molecular complexity index is 606. The van der Waals surface area contributed by atoms with Gasteiger partial charge in [-0.3, -0.25) is 9.59 Å². The lowest BCUT2D eigenvalue weighted by Crippen LogP contribution is -2.47. The molecule has 2 amide bonds. The van der Waals surface area contributed by atoms with E-state index in [4.69, 9.17) is 0 Å². The second-order valence-electron chi connectivity index (χ2n) is 5.13. The number of amides is 2. The van der Waals surface area contributed by atoms with Crippen LogP contribution in [0.2, 0.25) is 0 Å². The Labute approximate surface area is 112 Å². The van der Waals surface area contributed by atoms with Gasteiger partial charge >= 0.3 is 6.18 Å². The van der Waals surface area contributed by atoms with Crippen molar-refractivity contribution in [1.29, 1.82) is 0 Å². The van der Waals surface area contributed by atoms with Crippen molar-refractivity contribution in [3.8, 4) is 0 Å². The maximum atomic E-state index is 12.8. The molecular weight excluding hydrogens is 273 g/mol. The molecule has 1 aromatic rings. The van der Waals surface area contributed by atoms with Crippen molar-refractivity contribution >= 4 is 17.5 Å². The highest BCUT2D eigenvalue weighted by molar-refractivity contribution is 6.02. The molecule has 4 nitrogen and oxygen atoms in total. The first-order valence-corrected chi connectivity index (χ1v) is 6.13. The third kappa shape index (κ3) is 2.03. The molecule has 1 heterocycles. The normalized spacial score (nSPS) is 19.2. The highest BCUT2D eigenvalue weighted by Gasteiger charge is 2.64.